The minimum absolute atomic E-state index is 0. The molecule has 0 aromatic heterocycles. The predicted molar refractivity (Wildman–Crippen MR) is 150 cm³/mol. The minimum atomic E-state index is -1.11. The van der Waals surface area contributed by atoms with Crippen molar-refractivity contribution in [2.45, 2.75) is 125 Å². The third kappa shape index (κ3) is 37.3. The Morgan fingerprint density at radius 3 is 0.828 bits per heavy atom. The van der Waals surface area contributed by atoms with Crippen molar-refractivity contribution < 1.29 is 21.3 Å². The Balaban J connectivity index is -0.000000159. The van der Waals surface area contributed by atoms with E-state index >= 15 is 0 Å². The molecular weight excluding hydrogens is 486 g/mol. The van der Waals surface area contributed by atoms with Gasteiger partial charge in [0.05, 0.1) is 17.9 Å². The maximum absolute atomic E-state index is 5.67. The summed E-state index contributed by atoms with van der Waals surface area (Å²) in [6.45, 7) is 39.5. The number of rotatable bonds is 8. The first-order chi connectivity index (χ1) is 12.0. The second-order valence-corrected chi connectivity index (χ2v) is 34.6. The second-order valence-electron chi connectivity index (χ2n) is 12.1. The average molecular weight is 543 g/mol. The van der Waals surface area contributed by atoms with Gasteiger partial charge in [-0.2, -0.15) is 0 Å². The minimum Gasteiger partial charge on any atom is -0.668 e. The van der Waals surface area contributed by atoms with Gasteiger partial charge < -0.3 is 9.30 Å². The molecule has 9 heteroatoms. The molecule has 0 spiro atoms. The van der Waals surface area contributed by atoms with Crippen molar-refractivity contribution in [2.24, 2.45) is 0 Å². The summed E-state index contributed by atoms with van der Waals surface area (Å²) >= 11 is 0. The third-order valence-electron chi connectivity index (χ3n) is 2.79. The molecule has 29 heavy (non-hydrogen) atoms. The molecule has 0 aromatic carbocycles. The van der Waals surface area contributed by atoms with E-state index in [1.807, 2.05) is 0 Å². The fourth-order valence-electron chi connectivity index (χ4n) is 3.18. The van der Waals surface area contributed by atoms with Crippen LogP contribution in [0.25, 0.3) is 9.30 Å². The molecule has 0 saturated heterocycles. The molecule has 0 N–H and O–H groups in total. The fourth-order valence-corrected chi connectivity index (χ4v) is 21.6. The zero-order valence-corrected chi connectivity index (χ0v) is 29.0. The molecule has 0 bridgehead atoms. The first kappa shape index (κ1) is 38.0. The Morgan fingerprint density at radius 1 is 0.586 bits per heavy atom. The van der Waals surface area contributed by atoms with E-state index in [0.717, 1.165) is 17.9 Å². The zero-order chi connectivity index (χ0) is 23.6. The molecule has 0 saturated carbocycles. The van der Waals surface area contributed by atoms with Gasteiger partial charge in [-0.25, -0.2) is 4.52 Å². The largest absolute Gasteiger partial charge is 2.00 e. The van der Waals surface area contributed by atoms with Crippen molar-refractivity contribution in [3.8, 4) is 0 Å². The van der Waals surface area contributed by atoms with Crippen molar-refractivity contribution >= 4 is 41.1 Å². The molecule has 0 atom stereocenters. The maximum atomic E-state index is 5.67. The van der Waals surface area contributed by atoms with Crippen LogP contribution in [0.2, 0.25) is 78.6 Å². The molecule has 3 nitrogen and oxygen atoms in total. The van der Waals surface area contributed by atoms with Crippen molar-refractivity contribution in [1.29, 1.82) is 0 Å². The topological polar surface area (TPSA) is 37.4 Å². The first-order valence-corrected chi connectivity index (χ1v) is 26.3. The van der Waals surface area contributed by atoms with Crippen LogP contribution in [-0.2, 0) is 21.3 Å². The van der Waals surface area contributed by atoms with Crippen LogP contribution < -0.4 is 0 Å². The molecule has 0 aliphatic rings. The molecule has 0 aromatic rings. The Bertz CT molecular complexity index is 330. The van der Waals surface area contributed by atoms with E-state index < -0.39 is 41.1 Å². The first-order valence-electron chi connectivity index (χ1n) is 11.0. The SMILES string of the molecule is CCO[PH+](C(C)C)C(C)C.C[Si](C)(C)[N-][Si](C)(C)C.C[Si](C)(C)[N-][Si](C)(C)C.[Co+2]. The Labute approximate surface area is 202 Å². The summed E-state index contributed by atoms with van der Waals surface area (Å²) < 4.78 is 15.3. The summed E-state index contributed by atoms with van der Waals surface area (Å²) in [6, 6.07) is 0. The van der Waals surface area contributed by atoms with E-state index in [-0.39, 0.29) is 16.8 Å². The van der Waals surface area contributed by atoms with Crippen molar-refractivity contribution in [3.05, 3.63) is 9.30 Å². The van der Waals surface area contributed by atoms with Crippen LogP contribution in [0.5, 0.6) is 0 Å². The van der Waals surface area contributed by atoms with E-state index in [0.29, 0.717) is 0 Å². The Hall–Kier alpha value is 1.68. The Kier molecular flexibility index (Phi) is 21.4. The molecular formula is C20H56CoN2OPSi4+. The van der Waals surface area contributed by atoms with Gasteiger partial charge in [0.25, 0.3) is 0 Å². The van der Waals surface area contributed by atoms with Gasteiger partial charge in [0.15, 0.2) is 0 Å². The molecule has 0 amide bonds. The van der Waals surface area contributed by atoms with Crippen LogP contribution in [0.3, 0.4) is 0 Å². The molecule has 181 valence electrons. The summed E-state index contributed by atoms with van der Waals surface area (Å²) in [5, 5.41) is 0. The quantitative estimate of drug-likeness (QED) is 0.223. The van der Waals surface area contributed by atoms with Gasteiger partial charge in [0.2, 0.25) is 0 Å². The van der Waals surface area contributed by atoms with E-state index in [2.05, 4.69) is 113 Å². The van der Waals surface area contributed by atoms with E-state index in [1.165, 1.54) is 0 Å². The molecule has 0 unspecified atom stereocenters. The number of hydrogen-bond donors (Lipinski definition) is 0. The predicted octanol–water partition coefficient (Wildman–Crippen LogP) is 9.03. The number of nitrogens with zero attached hydrogens (tertiary/aromatic N) is 2. The van der Waals surface area contributed by atoms with Gasteiger partial charge >= 0.3 is 16.8 Å². The Morgan fingerprint density at radius 2 is 0.793 bits per heavy atom. The number of hydrogen-bond acceptors (Lipinski definition) is 1. The molecule has 0 heterocycles. The van der Waals surface area contributed by atoms with Crippen molar-refractivity contribution in [1.82, 2.24) is 0 Å². The van der Waals surface area contributed by atoms with E-state index in [9.17, 15) is 0 Å². The van der Waals surface area contributed by atoms with Gasteiger partial charge in [0, 0.05) is 0 Å². The average Bonchev–Trinajstić information content (AvgIpc) is 2.26. The molecule has 0 aliphatic carbocycles. The summed E-state index contributed by atoms with van der Waals surface area (Å²) in [5.41, 5.74) is 1.48. The molecule has 1 radical (unpaired) electrons. The molecule has 0 fully saturated rings. The normalized spacial score (nSPS) is 12.8. The molecule has 0 rings (SSSR count). The van der Waals surface area contributed by atoms with Gasteiger partial charge in [-0.05, 0) is 34.6 Å². The summed E-state index contributed by atoms with van der Waals surface area (Å²) in [7, 11) is -4.95. The van der Waals surface area contributed by atoms with Crippen LogP contribution in [0, 0.1) is 0 Å². The van der Waals surface area contributed by atoms with Crippen molar-refractivity contribution in [3.63, 3.8) is 0 Å². The van der Waals surface area contributed by atoms with Crippen LogP contribution in [0.15, 0.2) is 0 Å². The maximum Gasteiger partial charge on any atom is 2.00 e. The van der Waals surface area contributed by atoms with E-state index in [4.69, 9.17) is 13.8 Å². The summed E-state index contributed by atoms with van der Waals surface area (Å²) in [4.78, 5) is 0. The standard InChI is InChI=1S/C8H19OP.2C6H18NSi2.Co/c1-6-9-10(7(2)3)8(4)5;2*1-8(2,3)7-9(4,5)6;/h7-8H,6H2,1-5H3;2*1-6H3;/q;2*-1;+2/p+1. The van der Waals surface area contributed by atoms with Gasteiger partial charge in [0.1, 0.15) is 8.15 Å². The summed E-state index contributed by atoms with van der Waals surface area (Å²) in [5.74, 6) is 0. The zero-order valence-electron chi connectivity index (χ0n) is 23.0. The van der Waals surface area contributed by atoms with Crippen molar-refractivity contribution in [2.75, 3.05) is 6.61 Å². The van der Waals surface area contributed by atoms with Gasteiger partial charge in [-0.3, -0.25) is 0 Å². The molecule has 0 aliphatic heterocycles. The van der Waals surface area contributed by atoms with Crippen LogP contribution in [0.1, 0.15) is 34.6 Å². The summed E-state index contributed by atoms with van der Waals surface area (Å²) in [6.07, 6.45) is 0. The van der Waals surface area contributed by atoms with Gasteiger partial charge in [-0.15, -0.1) is 0 Å². The van der Waals surface area contributed by atoms with Crippen LogP contribution in [-0.4, -0.2) is 50.9 Å². The van der Waals surface area contributed by atoms with Crippen LogP contribution in [0.4, 0.5) is 0 Å². The van der Waals surface area contributed by atoms with Gasteiger partial charge in [-0.1, -0.05) is 112 Å². The van der Waals surface area contributed by atoms with E-state index in [1.54, 1.807) is 0 Å². The smallest absolute Gasteiger partial charge is 0.668 e. The third-order valence-corrected chi connectivity index (χ3v) is 16.4. The fraction of sp³-hybridized carbons (Fsp3) is 1.00. The van der Waals surface area contributed by atoms with Crippen LogP contribution >= 0.6 is 8.15 Å². The second kappa shape index (κ2) is 16.3. The monoisotopic (exact) mass is 542 g/mol.